The number of aromatic nitrogens is 2. The molecule has 1 aliphatic carbocycles. The minimum Gasteiger partial charge on any atom is -0.344 e. The largest absolute Gasteiger partial charge is 0.344 e. The van der Waals surface area contributed by atoms with Crippen molar-refractivity contribution in [1.29, 1.82) is 0 Å². The van der Waals surface area contributed by atoms with Gasteiger partial charge in [0.15, 0.2) is 5.11 Å². The van der Waals surface area contributed by atoms with E-state index in [-0.39, 0.29) is 11.8 Å². The third kappa shape index (κ3) is 4.58. The number of nitrogens with one attached hydrogen (secondary N) is 1. The van der Waals surface area contributed by atoms with Gasteiger partial charge < -0.3 is 10.2 Å². The quantitative estimate of drug-likeness (QED) is 0.500. The van der Waals surface area contributed by atoms with Crippen LogP contribution in [-0.2, 0) is 13.0 Å². The van der Waals surface area contributed by atoms with Crippen LogP contribution in [0.25, 0.3) is 11.3 Å². The molecule has 5 rings (SSSR count). The summed E-state index contributed by atoms with van der Waals surface area (Å²) in [6, 6.07) is 18.4. The van der Waals surface area contributed by atoms with Gasteiger partial charge in [-0.1, -0.05) is 67.3 Å². The lowest BCUT2D eigenvalue weighted by Crippen LogP contribution is -2.39. The lowest BCUT2D eigenvalue weighted by atomic mass is 9.88. The average molecular weight is 459 g/mol. The van der Waals surface area contributed by atoms with Gasteiger partial charge in [-0.05, 0) is 44.1 Å². The molecule has 6 heteroatoms. The molecule has 2 aliphatic rings. The van der Waals surface area contributed by atoms with Crippen LogP contribution in [-0.4, -0.2) is 32.2 Å². The molecule has 33 heavy (non-hydrogen) atoms. The molecular formula is C27H30N4OS. The summed E-state index contributed by atoms with van der Waals surface area (Å²) in [7, 11) is 0. The van der Waals surface area contributed by atoms with Crippen LogP contribution in [0.3, 0.4) is 0 Å². The number of thiocarbonyl (C=S) groups is 1. The van der Waals surface area contributed by atoms with Crippen LogP contribution in [0.4, 0.5) is 5.69 Å². The molecule has 1 N–H and O–H groups in total. The first-order valence-electron chi connectivity index (χ1n) is 11.9. The standard InChI is InChI=1S/C27H30N4OS/c1-19-12-14-22(15-13-19)28-27(33)30-17-16-24-23(18-30)25(20-8-4-2-5-9-20)29-31(24)26(32)21-10-6-3-7-11-21/h2,4-5,8-9,12-15,21H,3,6-7,10-11,16-18H2,1H3,(H,28,33). The van der Waals surface area contributed by atoms with E-state index < -0.39 is 0 Å². The number of fused-ring (bicyclic) bond motifs is 1. The second kappa shape index (κ2) is 9.48. The summed E-state index contributed by atoms with van der Waals surface area (Å²) in [6.45, 7) is 3.49. The highest BCUT2D eigenvalue weighted by Gasteiger charge is 2.32. The second-order valence-electron chi connectivity index (χ2n) is 9.19. The maximum absolute atomic E-state index is 13.4. The third-order valence-corrected chi connectivity index (χ3v) is 7.22. The predicted molar refractivity (Wildman–Crippen MR) is 136 cm³/mol. The zero-order chi connectivity index (χ0) is 22.8. The molecule has 1 aromatic heterocycles. The van der Waals surface area contributed by atoms with E-state index in [4.69, 9.17) is 17.3 Å². The number of carbonyl (C=O) groups excluding carboxylic acids is 1. The van der Waals surface area contributed by atoms with Crippen molar-refractivity contribution < 1.29 is 4.79 Å². The van der Waals surface area contributed by atoms with Crippen molar-refractivity contribution in [1.82, 2.24) is 14.7 Å². The molecular weight excluding hydrogens is 428 g/mol. The zero-order valence-electron chi connectivity index (χ0n) is 19.1. The van der Waals surface area contributed by atoms with Gasteiger partial charge in [0, 0.05) is 42.2 Å². The Balaban J connectivity index is 1.44. The highest BCUT2D eigenvalue weighted by Crippen LogP contribution is 2.33. The summed E-state index contributed by atoms with van der Waals surface area (Å²) in [5.74, 6) is 0.260. The monoisotopic (exact) mass is 458 g/mol. The van der Waals surface area contributed by atoms with Crippen LogP contribution in [0.15, 0.2) is 54.6 Å². The van der Waals surface area contributed by atoms with Crippen LogP contribution in [0.1, 0.15) is 53.7 Å². The first-order chi connectivity index (χ1) is 16.1. The molecule has 0 radical (unpaired) electrons. The van der Waals surface area contributed by atoms with Gasteiger partial charge in [0.05, 0.1) is 11.4 Å². The molecule has 0 unspecified atom stereocenters. The predicted octanol–water partition coefficient (Wildman–Crippen LogP) is 5.83. The van der Waals surface area contributed by atoms with Crippen molar-refractivity contribution in [2.75, 3.05) is 11.9 Å². The molecule has 1 aliphatic heterocycles. The number of nitrogens with zero attached hydrogens (tertiary/aromatic N) is 3. The number of carbonyl (C=O) groups is 1. The molecule has 5 nitrogen and oxygen atoms in total. The molecule has 3 aromatic rings. The SMILES string of the molecule is Cc1ccc(NC(=S)N2CCc3c(c(-c4ccccc4)nn3C(=O)C3CCCCC3)C2)cc1. The van der Waals surface area contributed by atoms with Gasteiger partial charge in [0.1, 0.15) is 0 Å². The summed E-state index contributed by atoms with van der Waals surface area (Å²) in [6.07, 6.45) is 6.21. The van der Waals surface area contributed by atoms with E-state index in [2.05, 4.69) is 41.4 Å². The van der Waals surface area contributed by atoms with Gasteiger partial charge in [-0.25, -0.2) is 4.68 Å². The molecule has 0 spiro atoms. The Hall–Kier alpha value is -2.99. The molecule has 1 fully saturated rings. The first-order valence-corrected chi connectivity index (χ1v) is 12.3. The van der Waals surface area contributed by atoms with Gasteiger partial charge in [-0.15, -0.1) is 0 Å². The highest BCUT2D eigenvalue weighted by molar-refractivity contribution is 7.80. The molecule has 1 saturated carbocycles. The number of rotatable bonds is 3. The lowest BCUT2D eigenvalue weighted by molar-refractivity contribution is 0.0779. The van der Waals surface area contributed by atoms with E-state index in [0.717, 1.165) is 66.9 Å². The molecule has 0 saturated heterocycles. The fraction of sp³-hybridized carbons (Fsp3) is 0.370. The van der Waals surface area contributed by atoms with E-state index >= 15 is 0 Å². The summed E-state index contributed by atoms with van der Waals surface area (Å²) < 4.78 is 1.74. The summed E-state index contributed by atoms with van der Waals surface area (Å²) >= 11 is 5.76. The van der Waals surface area contributed by atoms with E-state index in [1.807, 2.05) is 30.3 Å². The van der Waals surface area contributed by atoms with Gasteiger partial charge >= 0.3 is 0 Å². The Morgan fingerprint density at radius 3 is 2.48 bits per heavy atom. The smallest absolute Gasteiger partial charge is 0.250 e. The van der Waals surface area contributed by atoms with E-state index in [1.165, 1.54) is 12.0 Å². The van der Waals surface area contributed by atoms with Crippen LogP contribution < -0.4 is 5.32 Å². The van der Waals surface area contributed by atoms with Crippen molar-refractivity contribution in [3.63, 3.8) is 0 Å². The van der Waals surface area contributed by atoms with Crippen molar-refractivity contribution in [3.05, 3.63) is 71.4 Å². The van der Waals surface area contributed by atoms with Gasteiger partial charge in [0.2, 0.25) is 5.91 Å². The maximum atomic E-state index is 13.4. The Morgan fingerprint density at radius 1 is 1.03 bits per heavy atom. The number of hydrogen-bond acceptors (Lipinski definition) is 3. The molecule has 0 amide bonds. The minimum absolute atomic E-state index is 0.0914. The van der Waals surface area contributed by atoms with Gasteiger partial charge in [0.25, 0.3) is 0 Å². The van der Waals surface area contributed by atoms with Crippen LogP contribution in [0.5, 0.6) is 0 Å². The Bertz CT molecular complexity index is 1150. The van der Waals surface area contributed by atoms with Crippen molar-refractivity contribution in [2.24, 2.45) is 5.92 Å². The summed E-state index contributed by atoms with van der Waals surface area (Å²) in [5, 5.41) is 8.98. The highest BCUT2D eigenvalue weighted by atomic mass is 32.1. The van der Waals surface area contributed by atoms with Gasteiger partial charge in [-0.3, -0.25) is 4.79 Å². The number of anilines is 1. The number of hydrogen-bond donors (Lipinski definition) is 1. The summed E-state index contributed by atoms with van der Waals surface area (Å²) in [4.78, 5) is 15.6. The summed E-state index contributed by atoms with van der Waals surface area (Å²) in [5.41, 5.74) is 6.32. The maximum Gasteiger partial charge on any atom is 0.250 e. The fourth-order valence-electron chi connectivity index (χ4n) is 4.96. The van der Waals surface area contributed by atoms with E-state index in [0.29, 0.717) is 11.7 Å². The fourth-order valence-corrected chi connectivity index (χ4v) is 5.24. The van der Waals surface area contributed by atoms with Gasteiger partial charge in [-0.2, -0.15) is 5.10 Å². The molecule has 0 atom stereocenters. The number of aryl methyl sites for hydroxylation is 1. The third-order valence-electron chi connectivity index (χ3n) is 6.86. The van der Waals surface area contributed by atoms with Crippen LogP contribution in [0, 0.1) is 12.8 Å². The molecule has 170 valence electrons. The first kappa shape index (κ1) is 21.8. The van der Waals surface area contributed by atoms with Crippen molar-refractivity contribution in [3.8, 4) is 11.3 Å². The minimum atomic E-state index is 0.0914. The Labute approximate surface area is 200 Å². The van der Waals surface area contributed by atoms with E-state index in [9.17, 15) is 4.79 Å². The average Bonchev–Trinajstić information content (AvgIpc) is 3.25. The lowest BCUT2D eigenvalue weighted by Gasteiger charge is -2.30. The second-order valence-corrected chi connectivity index (χ2v) is 9.58. The van der Waals surface area contributed by atoms with E-state index in [1.54, 1.807) is 4.68 Å². The molecule has 2 heterocycles. The Morgan fingerprint density at radius 2 is 1.76 bits per heavy atom. The molecule has 0 bridgehead atoms. The zero-order valence-corrected chi connectivity index (χ0v) is 19.9. The van der Waals surface area contributed by atoms with Crippen LogP contribution in [0.2, 0.25) is 0 Å². The van der Waals surface area contributed by atoms with Crippen LogP contribution >= 0.6 is 12.2 Å². The van der Waals surface area contributed by atoms with Crippen molar-refractivity contribution in [2.45, 2.75) is 52.0 Å². The normalized spacial score (nSPS) is 16.3. The Kier molecular flexibility index (Phi) is 6.27. The number of benzene rings is 2. The van der Waals surface area contributed by atoms with Crippen molar-refractivity contribution >= 4 is 28.9 Å². The topological polar surface area (TPSA) is 50.2 Å². The molecule has 2 aromatic carbocycles.